The van der Waals surface area contributed by atoms with Crippen LogP contribution in [-0.2, 0) is 24.3 Å². The highest BCUT2D eigenvalue weighted by Crippen LogP contribution is 2.14. The summed E-state index contributed by atoms with van der Waals surface area (Å²) in [5.41, 5.74) is 4.76. The third kappa shape index (κ3) is 3.80. The molecule has 0 aliphatic carbocycles. The Hall–Kier alpha value is -2.68. The third-order valence-electron chi connectivity index (χ3n) is 4.39. The molecule has 3 nitrogen and oxygen atoms in total. The van der Waals surface area contributed by atoms with E-state index < -0.39 is 0 Å². The summed E-state index contributed by atoms with van der Waals surface area (Å²) < 4.78 is 4.07. The number of carbonyl (C=O) groups is 1. The highest BCUT2D eigenvalue weighted by Gasteiger charge is 2.15. The number of benzene rings is 2. The van der Waals surface area contributed by atoms with Crippen molar-refractivity contribution in [3.8, 4) is 0 Å². The van der Waals surface area contributed by atoms with Crippen molar-refractivity contribution in [3.63, 3.8) is 0 Å². The Morgan fingerprint density at radius 1 is 0.958 bits per heavy atom. The molecular weight excluding hydrogens is 296 g/mol. The summed E-state index contributed by atoms with van der Waals surface area (Å²) in [7, 11) is 0. The van der Waals surface area contributed by atoms with Crippen molar-refractivity contribution in [1.29, 1.82) is 0 Å². The van der Waals surface area contributed by atoms with Gasteiger partial charge in [-0.15, -0.1) is 4.68 Å². The van der Waals surface area contributed by atoms with E-state index in [-0.39, 0.29) is 5.78 Å². The summed E-state index contributed by atoms with van der Waals surface area (Å²) in [4.78, 5) is 12.6. The van der Waals surface area contributed by atoms with E-state index in [0.717, 1.165) is 12.1 Å². The van der Waals surface area contributed by atoms with E-state index in [1.165, 1.54) is 16.7 Å². The molecule has 0 spiro atoms. The molecule has 0 radical (unpaired) electrons. The summed E-state index contributed by atoms with van der Waals surface area (Å²) in [6, 6.07) is 18.5. The highest BCUT2D eigenvalue weighted by atomic mass is 16.1. The lowest BCUT2D eigenvalue weighted by Gasteiger charge is -2.09. The molecule has 0 saturated carbocycles. The zero-order chi connectivity index (χ0) is 16.9. The van der Waals surface area contributed by atoms with E-state index in [4.69, 9.17) is 0 Å². The minimum atomic E-state index is 0.227. The zero-order valence-corrected chi connectivity index (χ0v) is 14.3. The van der Waals surface area contributed by atoms with Gasteiger partial charge in [0.05, 0.1) is 6.20 Å². The number of Topliss-reactive ketones (excluding diaryl/α,β-unsaturated/α-hetero) is 1. The molecular formula is C21H23N2O+. The Balaban J connectivity index is 1.71. The van der Waals surface area contributed by atoms with E-state index in [1.807, 2.05) is 47.4 Å². The van der Waals surface area contributed by atoms with E-state index >= 15 is 0 Å². The molecule has 0 aliphatic rings. The number of hydrogen-bond donors (Lipinski definition) is 0. The largest absolute Gasteiger partial charge is 0.297 e. The van der Waals surface area contributed by atoms with Crippen molar-refractivity contribution >= 4 is 5.78 Å². The van der Waals surface area contributed by atoms with Gasteiger partial charge < -0.3 is 0 Å². The highest BCUT2D eigenvalue weighted by molar-refractivity contribution is 5.81. The maximum absolute atomic E-state index is 12.6. The number of carbonyl (C=O) groups excluding carboxylic acids is 1. The Morgan fingerprint density at radius 3 is 2.38 bits per heavy atom. The lowest BCUT2D eigenvalue weighted by Crippen LogP contribution is -2.44. The molecule has 0 fully saturated rings. The Kier molecular flexibility index (Phi) is 4.90. The van der Waals surface area contributed by atoms with Crippen LogP contribution < -0.4 is 4.68 Å². The lowest BCUT2D eigenvalue weighted by molar-refractivity contribution is -0.767. The van der Waals surface area contributed by atoms with Gasteiger partial charge in [0.1, 0.15) is 6.54 Å². The van der Waals surface area contributed by atoms with Crippen LogP contribution in [0.3, 0.4) is 0 Å². The second-order valence-electron chi connectivity index (χ2n) is 6.26. The van der Waals surface area contributed by atoms with Crippen LogP contribution in [0.4, 0.5) is 0 Å². The molecule has 3 heteroatoms. The van der Waals surface area contributed by atoms with Gasteiger partial charge in [0.25, 0.3) is 0 Å². The van der Waals surface area contributed by atoms with Crippen molar-refractivity contribution < 1.29 is 9.48 Å². The molecule has 0 bridgehead atoms. The van der Waals surface area contributed by atoms with Crippen LogP contribution in [0.1, 0.15) is 22.3 Å². The lowest BCUT2D eigenvalue weighted by atomic mass is 9.98. The van der Waals surface area contributed by atoms with Crippen LogP contribution in [0, 0.1) is 13.8 Å². The van der Waals surface area contributed by atoms with Crippen LogP contribution in [0.25, 0.3) is 0 Å². The van der Waals surface area contributed by atoms with Gasteiger partial charge in [0, 0.05) is 18.1 Å². The molecule has 24 heavy (non-hydrogen) atoms. The summed E-state index contributed by atoms with van der Waals surface area (Å²) >= 11 is 0. The first-order chi connectivity index (χ1) is 11.6. The average Bonchev–Trinajstić information content (AvgIpc) is 2.99. The van der Waals surface area contributed by atoms with Gasteiger partial charge in [-0.3, -0.25) is 4.79 Å². The molecule has 1 heterocycles. The molecule has 0 amide bonds. The van der Waals surface area contributed by atoms with E-state index in [9.17, 15) is 4.79 Å². The van der Waals surface area contributed by atoms with Gasteiger partial charge in [-0.25, -0.2) is 0 Å². The quantitative estimate of drug-likeness (QED) is 0.641. The third-order valence-corrected chi connectivity index (χ3v) is 4.39. The zero-order valence-electron chi connectivity index (χ0n) is 14.3. The number of nitrogens with zero attached hydrogens (tertiary/aromatic N) is 2. The molecule has 0 aliphatic heterocycles. The molecule has 0 atom stereocenters. The number of rotatable bonds is 6. The summed E-state index contributed by atoms with van der Waals surface area (Å²) in [5.74, 6) is 0.227. The van der Waals surface area contributed by atoms with Crippen molar-refractivity contribution in [2.45, 2.75) is 33.4 Å². The topological polar surface area (TPSA) is 25.9 Å². The van der Waals surface area contributed by atoms with Crippen LogP contribution >= 0.6 is 0 Å². The molecule has 2 aromatic carbocycles. The fourth-order valence-electron chi connectivity index (χ4n) is 3.03. The molecule has 3 aromatic rings. The van der Waals surface area contributed by atoms with Gasteiger partial charge in [-0.2, -0.15) is 4.68 Å². The van der Waals surface area contributed by atoms with E-state index in [0.29, 0.717) is 13.0 Å². The average molecular weight is 319 g/mol. The fourth-order valence-corrected chi connectivity index (χ4v) is 3.03. The summed E-state index contributed by atoms with van der Waals surface area (Å²) in [5, 5.41) is 0. The second-order valence-corrected chi connectivity index (χ2v) is 6.26. The van der Waals surface area contributed by atoms with Gasteiger partial charge in [0.15, 0.2) is 18.5 Å². The molecule has 0 N–H and O–H groups in total. The predicted octanol–water partition coefficient (Wildman–Crippen LogP) is 3.25. The van der Waals surface area contributed by atoms with Crippen molar-refractivity contribution in [2.24, 2.45) is 0 Å². The molecule has 122 valence electrons. The Labute approximate surface area is 143 Å². The van der Waals surface area contributed by atoms with Crippen LogP contribution in [-0.4, -0.2) is 10.5 Å². The smallest absolute Gasteiger partial charge is 0.197 e. The first kappa shape index (κ1) is 16.2. The second kappa shape index (κ2) is 7.26. The SMILES string of the molecule is Cc1cccc(C)c1CC(=O)Cn1ccc[n+]1Cc1ccccc1. The van der Waals surface area contributed by atoms with Crippen LogP contribution in [0.15, 0.2) is 67.0 Å². The monoisotopic (exact) mass is 319 g/mol. The Morgan fingerprint density at radius 2 is 1.67 bits per heavy atom. The first-order valence-electron chi connectivity index (χ1n) is 8.29. The maximum Gasteiger partial charge on any atom is 0.197 e. The van der Waals surface area contributed by atoms with Crippen LogP contribution in [0.2, 0.25) is 0 Å². The van der Waals surface area contributed by atoms with Gasteiger partial charge in [-0.05, 0) is 30.5 Å². The van der Waals surface area contributed by atoms with Crippen molar-refractivity contribution in [2.75, 3.05) is 0 Å². The number of ketones is 1. The summed E-state index contributed by atoms with van der Waals surface area (Å²) in [6.45, 7) is 5.31. The number of aryl methyl sites for hydroxylation is 2. The Bertz CT molecular complexity index is 814. The van der Waals surface area contributed by atoms with Crippen LogP contribution in [0.5, 0.6) is 0 Å². The molecule has 1 aromatic heterocycles. The van der Waals surface area contributed by atoms with E-state index in [1.54, 1.807) is 0 Å². The maximum atomic E-state index is 12.6. The normalized spacial score (nSPS) is 10.8. The number of hydrogen-bond acceptors (Lipinski definition) is 1. The minimum absolute atomic E-state index is 0.227. The predicted molar refractivity (Wildman–Crippen MR) is 94.8 cm³/mol. The standard InChI is InChI=1S/C21H23N2O/c1-17-8-6-9-18(2)21(17)14-20(24)16-23-13-7-12-22(23)15-19-10-4-3-5-11-19/h3-13H,14-16H2,1-2H3/q+1. The molecule has 0 saturated heterocycles. The van der Waals surface area contributed by atoms with Crippen molar-refractivity contribution in [1.82, 2.24) is 4.68 Å². The molecule has 0 unspecified atom stereocenters. The fraction of sp³-hybridized carbons (Fsp3) is 0.238. The van der Waals surface area contributed by atoms with Crippen molar-refractivity contribution in [3.05, 3.63) is 89.2 Å². The minimum Gasteiger partial charge on any atom is -0.297 e. The van der Waals surface area contributed by atoms with E-state index in [2.05, 4.69) is 42.8 Å². The molecule has 3 rings (SSSR count). The summed E-state index contributed by atoms with van der Waals surface area (Å²) in [6.07, 6.45) is 4.47. The van der Waals surface area contributed by atoms with Gasteiger partial charge in [0.2, 0.25) is 0 Å². The van der Waals surface area contributed by atoms with Gasteiger partial charge >= 0.3 is 0 Å². The number of aromatic nitrogens is 2. The van der Waals surface area contributed by atoms with Gasteiger partial charge in [-0.1, -0.05) is 48.5 Å². The first-order valence-corrected chi connectivity index (χ1v) is 8.29.